The molecule has 0 heterocycles. The Labute approximate surface area is 83.5 Å². The third kappa shape index (κ3) is 1.58. The lowest BCUT2D eigenvalue weighted by atomic mass is 10.2. The van der Waals surface area contributed by atoms with Crippen LogP contribution in [0, 0.1) is 5.82 Å². The van der Waals surface area contributed by atoms with Crippen LogP contribution in [0.5, 0.6) is 11.5 Å². The average Bonchev–Trinajstić information content (AvgIpc) is 2.11. The van der Waals surface area contributed by atoms with Crippen molar-refractivity contribution in [3.8, 4) is 11.5 Å². The number of phenolic OH excluding ortho intramolecular Hbond substituents is 1. The zero-order valence-electron chi connectivity index (χ0n) is 7.04. The average molecular weight is 221 g/mol. The normalized spacial score (nSPS) is 9.93. The molecule has 0 aliphatic heterocycles. The third-order valence-electron chi connectivity index (χ3n) is 1.58. The minimum absolute atomic E-state index is 0.371. The number of rotatable bonds is 2. The molecule has 0 unspecified atom stereocenters. The molecule has 0 atom stereocenters. The Kier molecular flexibility index (Phi) is 2.81. The Bertz CT molecular complexity index is 391. The molecule has 0 aliphatic rings. The summed E-state index contributed by atoms with van der Waals surface area (Å²) in [6, 6.07) is 0.907. The monoisotopic (exact) mass is 220 g/mol. The molecule has 1 aromatic carbocycles. The third-order valence-corrected chi connectivity index (χ3v) is 1.96. The highest BCUT2D eigenvalue weighted by Crippen LogP contribution is 2.35. The van der Waals surface area contributed by atoms with E-state index in [1.807, 2.05) is 0 Å². The molecule has 0 saturated carbocycles. The quantitative estimate of drug-likeness (QED) is 0.799. The number of ether oxygens (including phenoxy) is 1. The molecule has 0 radical (unpaired) electrons. The minimum atomic E-state index is -1.57. The van der Waals surface area contributed by atoms with Crippen LogP contribution in [0.25, 0.3) is 0 Å². The number of phenols is 1. The van der Waals surface area contributed by atoms with Crippen LogP contribution in [0.15, 0.2) is 6.07 Å². The lowest BCUT2D eigenvalue weighted by Gasteiger charge is -2.07. The maximum atomic E-state index is 13.3. The van der Waals surface area contributed by atoms with E-state index in [1.165, 1.54) is 0 Å². The number of hydrogen-bond acceptors (Lipinski definition) is 3. The van der Waals surface area contributed by atoms with Crippen LogP contribution in [-0.2, 0) is 0 Å². The van der Waals surface area contributed by atoms with E-state index >= 15 is 0 Å². The first-order valence-corrected chi connectivity index (χ1v) is 3.85. The van der Waals surface area contributed by atoms with E-state index in [4.69, 9.17) is 21.8 Å². The van der Waals surface area contributed by atoms with Crippen LogP contribution < -0.4 is 4.74 Å². The fourth-order valence-electron chi connectivity index (χ4n) is 0.935. The summed E-state index contributed by atoms with van der Waals surface area (Å²) in [5, 5.41) is 17.2. The first-order chi connectivity index (χ1) is 6.49. The number of hydrogen-bond donors (Lipinski definition) is 2. The number of benzene rings is 1. The van der Waals surface area contributed by atoms with Gasteiger partial charge in [-0.15, -0.1) is 0 Å². The van der Waals surface area contributed by atoms with E-state index in [-0.39, 0.29) is 5.75 Å². The smallest absolute Gasteiger partial charge is 0.340 e. The summed E-state index contributed by atoms with van der Waals surface area (Å²) in [4.78, 5) is 10.6. The fourth-order valence-corrected chi connectivity index (χ4v) is 1.15. The number of carbonyl (C=O) groups is 1. The van der Waals surface area contributed by atoms with E-state index in [1.54, 1.807) is 0 Å². The Morgan fingerprint density at radius 1 is 1.64 bits per heavy atom. The van der Waals surface area contributed by atoms with E-state index in [2.05, 4.69) is 4.74 Å². The van der Waals surface area contributed by atoms with Crippen molar-refractivity contribution in [1.29, 1.82) is 0 Å². The maximum Gasteiger partial charge on any atom is 0.340 e. The Balaban J connectivity index is 3.53. The SMILES string of the molecule is COc1cc(O)c(Cl)c(C(=O)O)c1F. The lowest BCUT2D eigenvalue weighted by molar-refractivity contribution is 0.0690. The van der Waals surface area contributed by atoms with Gasteiger partial charge in [0.2, 0.25) is 0 Å². The van der Waals surface area contributed by atoms with Gasteiger partial charge in [0, 0.05) is 6.07 Å². The molecule has 0 aliphatic carbocycles. The molecule has 4 nitrogen and oxygen atoms in total. The van der Waals surface area contributed by atoms with E-state index in [9.17, 15) is 9.18 Å². The molecular weight excluding hydrogens is 215 g/mol. The van der Waals surface area contributed by atoms with E-state index in [0.29, 0.717) is 0 Å². The van der Waals surface area contributed by atoms with Crippen molar-refractivity contribution in [2.45, 2.75) is 0 Å². The van der Waals surface area contributed by atoms with Crippen LogP contribution in [0.3, 0.4) is 0 Å². The van der Waals surface area contributed by atoms with Crippen molar-refractivity contribution in [1.82, 2.24) is 0 Å². The van der Waals surface area contributed by atoms with Gasteiger partial charge >= 0.3 is 5.97 Å². The summed E-state index contributed by atoms with van der Waals surface area (Å²) in [6.07, 6.45) is 0. The fraction of sp³-hybridized carbons (Fsp3) is 0.125. The van der Waals surface area contributed by atoms with Gasteiger partial charge < -0.3 is 14.9 Å². The molecule has 0 amide bonds. The van der Waals surface area contributed by atoms with Crippen molar-refractivity contribution in [3.05, 3.63) is 22.5 Å². The highest BCUT2D eigenvalue weighted by atomic mass is 35.5. The summed E-state index contributed by atoms with van der Waals surface area (Å²) < 4.78 is 17.8. The molecule has 0 saturated heterocycles. The van der Waals surface area contributed by atoms with Crippen LogP contribution >= 0.6 is 11.6 Å². The molecule has 0 bridgehead atoms. The topological polar surface area (TPSA) is 66.8 Å². The Morgan fingerprint density at radius 2 is 2.21 bits per heavy atom. The molecule has 0 fully saturated rings. The van der Waals surface area contributed by atoms with Crippen molar-refractivity contribution in [2.75, 3.05) is 7.11 Å². The molecular formula is C8H6ClFO4. The van der Waals surface area contributed by atoms with Crippen molar-refractivity contribution < 1.29 is 24.1 Å². The number of halogens is 2. The maximum absolute atomic E-state index is 13.3. The summed E-state index contributed by atoms with van der Waals surface area (Å²) >= 11 is 5.40. The molecule has 0 aromatic heterocycles. The number of methoxy groups -OCH3 is 1. The number of aromatic hydroxyl groups is 1. The second kappa shape index (κ2) is 3.71. The molecule has 1 rings (SSSR count). The van der Waals surface area contributed by atoms with Crippen LogP contribution in [-0.4, -0.2) is 23.3 Å². The van der Waals surface area contributed by atoms with Crippen LogP contribution in [0.2, 0.25) is 5.02 Å². The summed E-state index contributed by atoms with van der Waals surface area (Å²) in [7, 11) is 1.15. The van der Waals surface area contributed by atoms with Gasteiger partial charge in [-0.2, -0.15) is 0 Å². The molecule has 76 valence electrons. The number of carboxylic acid groups (broad SMARTS) is 1. The van der Waals surface area contributed by atoms with Gasteiger partial charge in [0.25, 0.3) is 0 Å². The van der Waals surface area contributed by atoms with Crippen molar-refractivity contribution in [2.24, 2.45) is 0 Å². The number of aromatic carboxylic acids is 1. The minimum Gasteiger partial charge on any atom is -0.506 e. The molecule has 14 heavy (non-hydrogen) atoms. The first kappa shape index (κ1) is 10.6. The van der Waals surface area contributed by atoms with Crippen molar-refractivity contribution in [3.63, 3.8) is 0 Å². The van der Waals surface area contributed by atoms with Gasteiger partial charge in [0.15, 0.2) is 11.6 Å². The van der Waals surface area contributed by atoms with Gasteiger partial charge in [0.1, 0.15) is 16.3 Å². The second-order valence-corrected chi connectivity index (χ2v) is 2.78. The second-order valence-electron chi connectivity index (χ2n) is 2.41. The first-order valence-electron chi connectivity index (χ1n) is 3.47. The van der Waals surface area contributed by atoms with Gasteiger partial charge in [-0.05, 0) is 0 Å². The van der Waals surface area contributed by atoms with Gasteiger partial charge in [-0.3, -0.25) is 0 Å². The van der Waals surface area contributed by atoms with E-state index < -0.39 is 28.1 Å². The Hall–Kier alpha value is -1.49. The predicted octanol–water partition coefficient (Wildman–Crippen LogP) is 1.89. The van der Waals surface area contributed by atoms with Crippen LogP contribution in [0.1, 0.15) is 10.4 Å². The molecule has 1 aromatic rings. The Morgan fingerprint density at radius 3 is 2.64 bits per heavy atom. The van der Waals surface area contributed by atoms with E-state index in [0.717, 1.165) is 13.2 Å². The highest BCUT2D eigenvalue weighted by Gasteiger charge is 2.22. The molecule has 6 heteroatoms. The number of carboxylic acids is 1. The van der Waals surface area contributed by atoms with Gasteiger partial charge in [-0.1, -0.05) is 11.6 Å². The lowest BCUT2D eigenvalue weighted by Crippen LogP contribution is -2.03. The van der Waals surface area contributed by atoms with Crippen LogP contribution in [0.4, 0.5) is 4.39 Å². The summed E-state index contributed by atoms with van der Waals surface area (Å²) in [5.74, 6) is -3.59. The zero-order valence-corrected chi connectivity index (χ0v) is 7.80. The summed E-state index contributed by atoms with van der Waals surface area (Å²) in [6.45, 7) is 0. The predicted molar refractivity (Wildman–Crippen MR) is 46.6 cm³/mol. The largest absolute Gasteiger partial charge is 0.506 e. The standard InChI is InChI=1S/C8H6ClFO4/c1-14-4-2-3(11)6(9)5(7(4)10)8(12)13/h2,11H,1H3,(H,12,13). The molecule has 2 N–H and O–H groups in total. The van der Waals surface area contributed by atoms with Crippen molar-refractivity contribution >= 4 is 17.6 Å². The summed E-state index contributed by atoms with van der Waals surface area (Å²) in [5.41, 5.74) is -0.802. The van der Waals surface area contributed by atoms with Gasteiger partial charge in [-0.25, -0.2) is 9.18 Å². The zero-order chi connectivity index (χ0) is 10.9. The molecule has 0 spiro atoms. The van der Waals surface area contributed by atoms with Gasteiger partial charge in [0.05, 0.1) is 7.11 Å². The highest BCUT2D eigenvalue weighted by molar-refractivity contribution is 6.35.